The first-order chi connectivity index (χ1) is 31.8. The second-order valence-corrected chi connectivity index (χ2v) is 10.5. The van der Waals surface area contributed by atoms with Crippen LogP contribution in [-0.2, 0) is 0 Å². The van der Waals surface area contributed by atoms with Gasteiger partial charge in [-0.3, -0.25) is 15.0 Å². The van der Waals surface area contributed by atoms with Crippen molar-refractivity contribution < 1.29 is 0 Å². The van der Waals surface area contributed by atoms with Crippen LogP contribution in [0.2, 0.25) is 0 Å². The standard InChI is InChI=1S/2C16H12N2.C10H8N2.8C2H6/c1-3-7-13(8-4-1)15-11-17-12-16(18-15)14-9-5-2-6-10-14;1-3-7-13(8-4-1)15-11-12-17-16(18-15)14-9-5-2-6-10-14;1-2-4-9(5-3-1)10-8-11-6-7-12-10;8*1-2/h2*1-12H;1-8H;8*1-2H3. The third kappa shape index (κ3) is 24.7. The summed E-state index contributed by atoms with van der Waals surface area (Å²) in [7, 11) is 0. The van der Waals surface area contributed by atoms with E-state index in [0.29, 0.717) is 0 Å². The molecular weight excluding hydrogens is 781 g/mol. The van der Waals surface area contributed by atoms with Crippen molar-refractivity contribution in [3.05, 3.63) is 195 Å². The highest BCUT2D eigenvalue weighted by atomic mass is 14.9. The maximum atomic E-state index is 4.65. The van der Waals surface area contributed by atoms with Gasteiger partial charge in [-0.15, -0.1) is 0 Å². The Hall–Kier alpha value is -6.66. The predicted molar refractivity (Wildman–Crippen MR) is 284 cm³/mol. The lowest BCUT2D eigenvalue weighted by molar-refractivity contribution is 1.18. The number of hydrogen-bond donors (Lipinski definition) is 0. The van der Waals surface area contributed by atoms with Crippen molar-refractivity contribution in [1.82, 2.24) is 29.9 Å². The Kier molecular flexibility index (Phi) is 44.2. The van der Waals surface area contributed by atoms with Gasteiger partial charge >= 0.3 is 0 Å². The predicted octanol–water partition coefficient (Wildman–Crippen LogP) is 18.0. The summed E-state index contributed by atoms with van der Waals surface area (Å²) in [5.74, 6) is 0.761. The minimum atomic E-state index is 0.761. The van der Waals surface area contributed by atoms with Crippen LogP contribution in [0, 0.1) is 0 Å². The number of aromatic nitrogens is 6. The summed E-state index contributed by atoms with van der Waals surface area (Å²) in [6.45, 7) is 32.0. The molecule has 6 nitrogen and oxygen atoms in total. The highest BCUT2D eigenvalue weighted by Crippen LogP contribution is 2.22. The molecule has 0 bridgehead atoms. The summed E-state index contributed by atoms with van der Waals surface area (Å²) in [5.41, 5.74) is 9.08. The average molecular weight is 861 g/mol. The first kappa shape index (κ1) is 61.6. The maximum Gasteiger partial charge on any atom is 0.159 e. The van der Waals surface area contributed by atoms with Gasteiger partial charge in [-0.25, -0.2) is 15.0 Å². The minimum Gasteiger partial charge on any atom is -0.261 e. The molecule has 0 spiro atoms. The van der Waals surface area contributed by atoms with Crippen LogP contribution in [0.15, 0.2) is 195 Å². The van der Waals surface area contributed by atoms with Gasteiger partial charge in [0.2, 0.25) is 0 Å². The Balaban J connectivity index is -0.000000762. The molecule has 0 N–H and O–H groups in total. The van der Waals surface area contributed by atoms with Gasteiger partial charge in [-0.2, -0.15) is 0 Å². The highest BCUT2D eigenvalue weighted by Gasteiger charge is 2.04. The Morgan fingerprint density at radius 2 is 0.547 bits per heavy atom. The van der Waals surface area contributed by atoms with Gasteiger partial charge in [-0.1, -0.05) is 262 Å². The zero-order valence-electron chi connectivity index (χ0n) is 42.2. The molecule has 8 aromatic rings. The Morgan fingerprint density at radius 1 is 0.234 bits per heavy atom. The summed E-state index contributed by atoms with van der Waals surface area (Å²) in [4.78, 5) is 26.0. The Labute approximate surface area is 390 Å². The van der Waals surface area contributed by atoms with Crippen LogP contribution < -0.4 is 0 Å². The lowest BCUT2D eigenvalue weighted by Crippen LogP contribution is -1.90. The summed E-state index contributed by atoms with van der Waals surface area (Å²) in [6.07, 6.45) is 10.5. The van der Waals surface area contributed by atoms with Crippen LogP contribution >= 0.6 is 0 Å². The molecule has 0 saturated heterocycles. The largest absolute Gasteiger partial charge is 0.261 e. The summed E-state index contributed by atoms with van der Waals surface area (Å²) < 4.78 is 0. The van der Waals surface area contributed by atoms with Crippen LogP contribution in [-0.4, -0.2) is 29.9 Å². The number of nitrogens with zero attached hydrogens (tertiary/aromatic N) is 6. The van der Waals surface area contributed by atoms with E-state index in [0.717, 1.165) is 56.4 Å². The molecule has 0 amide bonds. The molecule has 3 heterocycles. The van der Waals surface area contributed by atoms with Crippen LogP contribution in [0.3, 0.4) is 0 Å². The van der Waals surface area contributed by atoms with E-state index >= 15 is 0 Å². The van der Waals surface area contributed by atoms with E-state index in [2.05, 4.69) is 42.0 Å². The van der Waals surface area contributed by atoms with Crippen LogP contribution in [0.5, 0.6) is 0 Å². The van der Waals surface area contributed by atoms with E-state index in [1.165, 1.54) is 0 Å². The maximum absolute atomic E-state index is 4.65. The third-order valence-corrected chi connectivity index (χ3v) is 7.16. The van der Waals surface area contributed by atoms with E-state index in [1.54, 1.807) is 37.2 Å². The van der Waals surface area contributed by atoms with Crippen LogP contribution in [0.4, 0.5) is 0 Å². The van der Waals surface area contributed by atoms with Crippen LogP contribution in [0.25, 0.3) is 56.4 Å². The monoisotopic (exact) mass is 861 g/mol. The Morgan fingerprint density at radius 3 is 0.891 bits per heavy atom. The number of hydrogen-bond acceptors (Lipinski definition) is 6. The Bertz CT molecular complexity index is 1830. The lowest BCUT2D eigenvalue weighted by Gasteiger charge is -2.04. The zero-order valence-corrected chi connectivity index (χ0v) is 42.2. The first-order valence-electron chi connectivity index (χ1n) is 23.5. The minimum absolute atomic E-state index is 0.761. The van der Waals surface area contributed by atoms with E-state index in [-0.39, 0.29) is 0 Å². The van der Waals surface area contributed by atoms with E-state index in [1.807, 2.05) is 256 Å². The van der Waals surface area contributed by atoms with E-state index in [4.69, 9.17) is 0 Å². The molecule has 0 aliphatic heterocycles. The van der Waals surface area contributed by atoms with Gasteiger partial charge in [0.05, 0.1) is 41.4 Å². The fourth-order valence-corrected chi connectivity index (χ4v) is 4.77. The highest BCUT2D eigenvalue weighted by molar-refractivity contribution is 5.65. The van der Waals surface area contributed by atoms with E-state index in [9.17, 15) is 0 Å². The molecular formula is C58H80N6. The van der Waals surface area contributed by atoms with Crippen molar-refractivity contribution in [3.8, 4) is 56.4 Å². The van der Waals surface area contributed by atoms with Gasteiger partial charge < -0.3 is 0 Å². The normalized spacial score (nSPS) is 8.31. The smallest absolute Gasteiger partial charge is 0.159 e. The molecule has 0 fully saturated rings. The summed E-state index contributed by atoms with van der Waals surface area (Å²) >= 11 is 0. The molecule has 0 atom stereocenters. The van der Waals surface area contributed by atoms with Crippen LogP contribution in [0.1, 0.15) is 111 Å². The number of benzene rings is 5. The quantitative estimate of drug-likeness (QED) is 0.172. The lowest BCUT2D eigenvalue weighted by atomic mass is 10.1. The molecule has 0 aliphatic rings. The van der Waals surface area contributed by atoms with Gasteiger partial charge in [0.15, 0.2) is 5.82 Å². The third-order valence-electron chi connectivity index (χ3n) is 7.16. The molecule has 342 valence electrons. The zero-order chi connectivity index (χ0) is 48.6. The first-order valence-corrected chi connectivity index (χ1v) is 23.5. The fraction of sp³-hybridized carbons (Fsp3) is 0.276. The molecule has 6 heteroatoms. The fourth-order valence-electron chi connectivity index (χ4n) is 4.77. The van der Waals surface area contributed by atoms with E-state index < -0.39 is 0 Å². The second kappa shape index (κ2) is 45.9. The second-order valence-electron chi connectivity index (χ2n) is 10.5. The van der Waals surface area contributed by atoms with Crippen molar-refractivity contribution in [2.24, 2.45) is 0 Å². The summed E-state index contributed by atoms with van der Waals surface area (Å²) in [6, 6.07) is 52.3. The molecule has 0 saturated carbocycles. The van der Waals surface area contributed by atoms with Gasteiger partial charge in [0.1, 0.15) is 0 Å². The van der Waals surface area contributed by atoms with Gasteiger partial charge in [0.25, 0.3) is 0 Å². The van der Waals surface area contributed by atoms with Gasteiger partial charge in [0, 0.05) is 46.4 Å². The average Bonchev–Trinajstić information content (AvgIpc) is 3.45. The molecule has 0 radical (unpaired) electrons. The van der Waals surface area contributed by atoms with Gasteiger partial charge in [-0.05, 0) is 6.07 Å². The molecule has 8 rings (SSSR count). The molecule has 64 heavy (non-hydrogen) atoms. The molecule has 5 aromatic carbocycles. The van der Waals surface area contributed by atoms with Crippen molar-refractivity contribution in [1.29, 1.82) is 0 Å². The number of rotatable bonds is 5. The summed E-state index contributed by atoms with van der Waals surface area (Å²) in [5, 5.41) is 0. The van der Waals surface area contributed by atoms with Crippen molar-refractivity contribution in [2.45, 2.75) is 111 Å². The topological polar surface area (TPSA) is 77.3 Å². The molecule has 0 aliphatic carbocycles. The molecule has 3 aromatic heterocycles. The van der Waals surface area contributed by atoms with Crippen molar-refractivity contribution >= 4 is 0 Å². The molecule has 0 unspecified atom stereocenters. The SMILES string of the molecule is CC.CC.CC.CC.CC.CC.CC.CC.c1ccc(-c2ccnc(-c3ccccc3)n2)cc1.c1ccc(-c2cncc(-c3ccccc3)n2)cc1.c1ccc(-c2cnccn2)cc1. The van der Waals surface area contributed by atoms with Crippen molar-refractivity contribution in [2.75, 3.05) is 0 Å². The van der Waals surface area contributed by atoms with Crippen molar-refractivity contribution in [3.63, 3.8) is 0 Å².